The SMILES string of the molecule is COCc1cccc(-c2nc(N3CCOCC3)nc3c(Cl)cc(C(=O)OC)nc23)c1. The van der Waals surface area contributed by atoms with E-state index in [4.69, 9.17) is 30.8 Å². The molecule has 1 aliphatic rings. The molecule has 0 aliphatic carbocycles. The molecule has 4 rings (SSSR count). The fraction of sp³-hybridized carbons (Fsp3) is 0.333. The summed E-state index contributed by atoms with van der Waals surface area (Å²) in [7, 11) is 2.95. The number of morpholine rings is 1. The van der Waals surface area contributed by atoms with Gasteiger partial charge in [0.15, 0.2) is 5.69 Å². The molecule has 3 heterocycles. The number of halogens is 1. The lowest BCUT2D eigenvalue weighted by atomic mass is 10.1. The van der Waals surface area contributed by atoms with Gasteiger partial charge in [-0.05, 0) is 17.7 Å². The Morgan fingerprint density at radius 2 is 1.93 bits per heavy atom. The van der Waals surface area contributed by atoms with Crippen molar-refractivity contribution in [1.29, 1.82) is 0 Å². The highest BCUT2D eigenvalue weighted by atomic mass is 35.5. The molecule has 1 fully saturated rings. The highest BCUT2D eigenvalue weighted by Crippen LogP contribution is 2.32. The summed E-state index contributed by atoms with van der Waals surface area (Å²) < 4.78 is 15.5. The molecule has 0 atom stereocenters. The Balaban J connectivity index is 1.94. The number of rotatable bonds is 5. The van der Waals surface area contributed by atoms with E-state index in [-0.39, 0.29) is 5.69 Å². The minimum atomic E-state index is -0.574. The molecule has 30 heavy (non-hydrogen) atoms. The quantitative estimate of drug-likeness (QED) is 0.573. The number of nitrogens with zero attached hydrogens (tertiary/aromatic N) is 4. The van der Waals surface area contributed by atoms with Crippen LogP contribution in [0.2, 0.25) is 5.02 Å². The number of fused-ring (bicyclic) bond motifs is 1. The topological polar surface area (TPSA) is 86.7 Å². The molecule has 8 nitrogen and oxygen atoms in total. The molecule has 0 unspecified atom stereocenters. The molecule has 1 saturated heterocycles. The normalized spacial score (nSPS) is 14.2. The Labute approximate surface area is 178 Å². The minimum Gasteiger partial charge on any atom is -0.464 e. The third kappa shape index (κ3) is 4.07. The number of methoxy groups -OCH3 is 2. The van der Waals surface area contributed by atoms with Gasteiger partial charge >= 0.3 is 5.97 Å². The van der Waals surface area contributed by atoms with Crippen molar-refractivity contribution in [2.24, 2.45) is 0 Å². The Morgan fingerprint density at radius 3 is 2.67 bits per heavy atom. The van der Waals surface area contributed by atoms with Gasteiger partial charge in [0.05, 0.1) is 32.0 Å². The lowest BCUT2D eigenvalue weighted by Gasteiger charge is -2.27. The van der Waals surface area contributed by atoms with E-state index in [9.17, 15) is 4.79 Å². The summed E-state index contributed by atoms with van der Waals surface area (Å²) in [6, 6.07) is 9.29. The Morgan fingerprint density at radius 1 is 1.13 bits per heavy atom. The average molecular weight is 429 g/mol. The molecule has 0 radical (unpaired) electrons. The van der Waals surface area contributed by atoms with Crippen LogP contribution in [0.1, 0.15) is 16.1 Å². The summed E-state index contributed by atoms with van der Waals surface area (Å²) in [6.07, 6.45) is 0. The summed E-state index contributed by atoms with van der Waals surface area (Å²) in [5.41, 5.74) is 3.43. The van der Waals surface area contributed by atoms with E-state index in [1.807, 2.05) is 24.3 Å². The summed E-state index contributed by atoms with van der Waals surface area (Å²) in [4.78, 5) is 28.1. The van der Waals surface area contributed by atoms with Crippen LogP contribution in [0, 0.1) is 0 Å². The van der Waals surface area contributed by atoms with Crippen molar-refractivity contribution in [3.8, 4) is 11.3 Å². The molecular formula is C21H21ClN4O4. The maximum atomic E-state index is 12.1. The molecule has 0 spiro atoms. The molecule has 1 aromatic carbocycles. The number of esters is 1. The summed E-state index contributed by atoms with van der Waals surface area (Å²) in [5.74, 6) is -0.0254. The monoisotopic (exact) mass is 428 g/mol. The van der Waals surface area contributed by atoms with Gasteiger partial charge < -0.3 is 19.1 Å². The third-order valence-corrected chi connectivity index (χ3v) is 5.08. The van der Waals surface area contributed by atoms with Gasteiger partial charge in [-0.15, -0.1) is 0 Å². The molecular weight excluding hydrogens is 408 g/mol. The number of anilines is 1. The number of carbonyl (C=O) groups is 1. The van der Waals surface area contributed by atoms with Crippen LogP contribution in [0.25, 0.3) is 22.3 Å². The highest BCUT2D eigenvalue weighted by Gasteiger charge is 2.21. The van der Waals surface area contributed by atoms with Crippen LogP contribution in [-0.2, 0) is 20.8 Å². The lowest BCUT2D eigenvalue weighted by Crippen LogP contribution is -2.37. The largest absolute Gasteiger partial charge is 0.464 e. The first-order valence-electron chi connectivity index (χ1n) is 9.48. The number of aromatic nitrogens is 3. The Hall–Kier alpha value is -2.81. The van der Waals surface area contributed by atoms with Crippen molar-refractivity contribution in [3.05, 3.63) is 46.6 Å². The van der Waals surface area contributed by atoms with Crippen LogP contribution in [0.15, 0.2) is 30.3 Å². The second-order valence-corrected chi connectivity index (χ2v) is 7.19. The van der Waals surface area contributed by atoms with Crippen LogP contribution >= 0.6 is 11.6 Å². The molecule has 3 aromatic rings. The first kappa shape index (κ1) is 20.5. The molecule has 1 aliphatic heterocycles. The van der Waals surface area contributed by atoms with Crippen molar-refractivity contribution in [2.45, 2.75) is 6.61 Å². The van der Waals surface area contributed by atoms with Crippen molar-refractivity contribution in [3.63, 3.8) is 0 Å². The average Bonchev–Trinajstić information content (AvgIpc) is 2.79. The lowest BCUT2D eigenvalue weighted by molar-refractivity contribution is 0.0594. The van der Waals surface area contributed by atoms with Gasteiger partial charge in [-0.3, -0.25) is 0 Å². The molecule has 0 bridgehead atoms. The van der Waals surface area contributed by atoms with Gasteiger partial charge in [-0.1, -0.05) is 29.8 Å². The molecule has 156 valence electrons. The van der Waals surface area contributed by atoms with E-state index >= 15 is 0 Å². The standard InChI is InChI=1S/C21H21ClN4O4/c1-28-12-13-4-3-5-14(10-13)17-19-18(15(22)11-16(23-19)20(27)29-2)25-21(24-17)26-6-8-30-9-7-26/h3-5,10-11H,6-9,12H2,1-2H3. The summed E-state index contributed by atoms with van der Waals surface area (Å²) >= 11 is 6.51. The van der Waals surface area contributed by atoms with E-state index in [0.717, 1.165) is 11.1 Å². The predicted molar refractivity (Wildman–Crippen MR) is 113 cm³/mol. The van der Waals surface area contributed by atoms with Gasteiger partial charge in [0.25, 0.3) is 0 Å². The molecule has 2 aromatic heterocycles. The number of ether oxygens (including phenoxy) is 3. The Bertz CT molecular complexity index is 1090. The first-order chi connectivity index (χ1) is 14.6. The zero-order valence-corrected chi connectivity index (χ0v) is 17.5. The molecule has 0 amide bonds. The van der Waals surface area contributed by atoms with Crippen molar-refractivity contribution in [1.82, 2.24) is 15.0 Å². The van der Waals surface area contributed by atoms with Gasteiger partial charge in [0.1, 0.15) is 16.7 Å². The van der Waals surface area contributed by atoms with Crippen LogP contribution in [0.3, 0.4) is 0 Å². The van der Waals surface area contributed by atoms with E-state index in [2.05, 4.69) is 14.9 Å². The van der Waals surface area contributed by atoms with E-state index < -0.39 is 5.97 Å². The van der Waals surface area contributed by atoms with Crippen molar-refractivity contribution >= 4 is 34.6 Å². The van der Waals surface area contributed by atoms with Gasteiger partial charge in [-0.2, -0.15) is 0 Å². The predicted octanol–water partition coefficient (Wildman–Crippen LogP) is 3.11. The second kappa shape index (κ2) is 8.91. The van der Waals surface area contributed by atoms with Crippen LogP contribution in [0.5, 0.6) is 0 Å². The number of hydrogen-bond acceptors (Lipinski definition) is 8. The third-order valence-electron chi connectivity index (χ3n) is 4.79. The number of hydrogen-bond donors (Lipinski definition) is 0. The molecule has 0 saturated carbocycles. The second-order valence-electron chi connectivity index (χ2n) is 6.78. The highest BCUT2D eigenvalue weighted by molar-refractivity contribution is 6.35. The summed E-state index contributed by atoms with van der Waals surface area (Å²) in [6.45, 7) is 3.04. The first-order valence-corrected chi connectivity index (χ1v) is 9.86. The van der Waals surface area contributed by atoms with E-state index in [0.29, 0.717) is 60.6 Å². The molecule has 0 N–H and O–H groups in total. The van der Waals surface area contributed by atoms with Crippen molar-refractivity contribution < 1.29 is 19.0 Å². The van der Waals surface area contributed by atoms with E-state index in [1.165, 1.54) is 13.2 Å². The summed E-state index contributed by atoms with van der Waals surface area (Å²) in [5, 5.41) is 0.312. The zero-order valence-electron chi connectivity index (χ0n) is 16.7. The molecule has 9 heteroatoms. The smallest absolute Gasteiger partial charge is 0.356 e. The van der Waals surface area contributed by atoms with Crippen LogP contribution in [-0.4, -0.2) is 61.4 Å². The maximum absolute atomic E-state index is 12.1. The fourth-order valence-electron chi connectivity index (χ4n) is 3.35. The van der Waals surface area contributed by atoms with Gasteiger partial charge in [-0.25, -0.2) is 19.7 Å². The van der Waals surface area contributed by atoms with Crippen molar-refractivity contribution in [2.75, 3.05) is 45.4 Å². The fourth-order valence-corrected chi connectivity index (χ4v) is 3.58. The number of carbonyl (C=O) groups excluding carboxylic acids is 1. The van der Waals surface area contributed by atoms with Crippen LogP contribution < -0.4 is 4.90 Å². The number of pyridine rings is 1. The zero-order chi connectivity index (χ0) is 21.1. The van der Waals surface area contributed by atoms with Crippen LogP contribution in [0.4, 0.5) is 5.95 Å². The minimum absolute atomic E-state index is 0.104. The van der Waals surface area contributed by atoms with Gasteiger partial charge in [0, 0.05) is 25.8 Å². The van der Waals surface area contributed by atoms with Gasteiger partial charge in [0.2, 0.25) is 5.95 Å². The van der Waals surface area contributed by atoms with E-state index in [1.54, 1.807) is 7.11 Å². The number of benzene rings is 1. The maximum Gasteiger partial charge on any atom is 0.356 e. The Kier molecular flexibility index (Phi) is 6.08.